The van der Waals surface area contributed by atoms with Crippen LogP contribution in [0.5, 0.6) is 5.75 Å². The van der Waals surface area contributed by atoms with Crippen LogP contribution >= 0.6 is 12.4 Å². The zero-order chi connectivity index (χ0) is 14.7. The summed E-state index contributed by atoms with van der Waals surface area (Å²) in [6.07, 6.45) is 0. The summed E-state index contributed by atoms with van der Waals surface area (Å²) in [6.45, 7) is 10.7. The first kappa shape index (κ1) is 17.8. The van der Waals surface area contributed by atoms with E-state index in [4.69, 9.17) is 4.74 Å². The Balaban J connectivity index is 0.00000220. The third-order valence-electron chi connectivity index (χ3n) is 3.67. The van der Waals surface area contributed by atoms with Crippen LogP contribution in [0.2, 0.25) is 0 Å². The lowest BCUT2D eigenvalue weighted by Gasteiger charge is -2.31. The van der Waals surface area contributed by atoms with E-state index >= 15 is 0 Å². The van der Waals surface area contributed by atoms with Gasteiger partial charge in [0.15, 0.2) is 6.61 Å². The van der Waals surface area contributed by atoms with Crippen molar-refractivity contribution in [3.8, 4) is 5.75 Å². The Morgan fingerprint density at radius 1 is 1.33 bits per heavy atom. The van der Waals surface area contributed by atoms with Gasteiger partial charge < -0.3 is 15.0 Å². The van der Waals surface area contributed by atoms with Gasteiger partial charge in [0, 0.05) is 25.7 Å². The molecule has 5 heteroatoms. The molecule has 118 valence electrons. The molecule has 1 unspecified atom stereocenters. The topological polar surface area (TPSA) is 41.6 Å². The molecule has 21 heavy (non-hydrogen) atoms. The minimum absolute atomic E-state index is 0. The molecule has 4 nitrogen and oxygen atoms in total. The third kappa shape index (κ3) is 4.61. The van der Waals surface area contributed by atoms with Crippen molar-refractivity contribution in [3.63, 3.8) is 0 Å². The first-order valence-electron chi connectivity index (χ1n) is 7.19. The van der Waals surface area contributed by atoms with Gasteiger partial charge in [0.2, 0.25) is 0 Å². The molecule has 0 aromatic heterocycles. The summed E-state index contributed by atoms with van der Waals surface area (Å²) < 4.78 is 5.76. The van der Waals surface area contributed by atoms with Gasteiger partial charge in [-0.2, -0.15) is 0 Å². The number of benzene rings is 1. The Kier molecular flexibility index (Phi) is 6.49. The molecule has 0 aliphatic carbocycles. The van der Waals surface area contributed by atoms with Crippen LogP contribution in [-0.2, 0) is 4.79 Å². The fraction of sp³-hybridized carbons (Fsp3) is 0.562. The predicted octanol–water partition coefficient (Wildman–Crippen LogP) is 2.23. The number of ether oxygens (including phenoxy) is 1. The van der Waals surface area contributed by atoms with Crippen molar-refractivity contribution < 1.29 is 9.53 Å². The summed E-state index contributed by atoms with van der Waals surface area (Å²) in [5.41, 5.74) is 3.39. The van der Waals surface area contributed by atoms with E-state index in [0.717, 1.165) is 36.5 Å². The monoisotopic (exact) mass is 312 g/mol. The van der Waals surface area contributed by atoms with Gasteiger partial charge in [0.05, 0.1) is 0 Å². The van der Waals surface area contributed by atoms with E-state index in [9.17, 15) is 4.79 Å². The maximum Gasteiger partial charge on any atom is 0.260 e. The lowest BCUT2D eigenvalue weighted by Crippen LogP contribution is -2.52. The number of amides is 1. The summed E-state index contributed by atoms with van der Waals surface area (Å²) in [4.78, 5) is 14.1. The van der Waals surface area contributed by atoms with Crippen LogP contribution in [0.4, 0.5) is 0 Å². The lowest BCUT2D eigenvalue weighted by atomic mass is 10.1. The average Bonchev–Trinajstić information content (AvgIpc) is 2.37. The van der Waals surface area contributed by atoms with Gasteiger partial charge >= 0.3 is 0 Å². The Hall–Kier alpha value is -1.26. The highest BCUT2D eigenvalue weighted by molar-refractivity contribution is 5.85. The number of hydrogen-bond donors (Lipinski definition) is 1. The van der Waals surface area contributed by atoms with Crippen LogP contribution in [0.15, 0.2) is 12.1 Å². The van der Waals surface area contributed by atoms with Crippen molar-refractivity contribution >= 4 is 18.3 Å². The molecule has 0 saturated carbocycles. The van der Waals surface area contributed by atoms with Gasteiger partial charge in [-0.1, -0.05) is 17.7 Å². The number of piperazine rings is 1. The summed E-state index contributed by atoms with van der Waals surface area (Å²) in [5.74, 6) is 0.907. The van der Waals surface area contributed by atoms with E-state index in [0.29, 0.717) is 6.04 Å². The second-order valence-corrected chi connectivity index (χ2v) is 5.71. The molecule has 1 aliphatic rings. The SMILES string of the molecule is Cc1cc(C)c(OCC(=O)N2CCNC(C)C2)c(C)c1.Cl. The highest BCUT2D eigenvalue weighted by atomic mass is 35.5. The fourth-order valence-corrected chi connectivity index (χ4v) is 2.78. The minimum Gasteiger partial charge on any atom is -0.483 e. The number of carbonyl (C=O) groups excluding carboxylic acids is 1. The van der Waals surface area contributed by atoms with Crippen LogP contribution in [-0.4, -0.2) is 43.1 Å². The molecule has 1 aromatic carbocycles. The average molecular weight is 313 g/mol. The van der Waals surface area contributed by atoms with Gasteiger partial charge in [-0.15, -0.1) is 12.4 Å². The smallest absolute Gasteiger partial charge is 0.260 e. The van der Waals surface area contributed by atoms with E-state index in [1.165, 1.54) is 5.56 Å². The van der Waals surface area contributed by atoms with Crippen molar-refractivity contribution in [2.45, 2.75) is 33.7 Å². The maximum atomic E-state index is 12.2. The number of aryl methyl sites for hydroxylation is 3. The van der Waals surface area contributed by atoms with Crippen LogP contribution in [0.25, 0.3) is 0 Å². The molecule has 1 saturated heterocycles. The van der Waals surface area contributed by atoms with Gasteiger partial charge in [0.25, 0.3) is 5.91 Å². The second kappa shape index (κ2) is 7.66. The molecule has 1 aromatic rings. The number of hydrogen-bond acceptors (Lipinski definition) is 3. The van der Waals surface area contributed by atoms with Crippen molar-refractivity contribution in [2.75, 3.05) is 26.2 Å². The Bertz CT molecular complexity index is 482. The molecule has 0 radical (unpaired) electrons. The highest BCUT2D eigenvalue weighted by Gasteiger charge is 2.21. The van der Waals surface area contributed by atoms with Crippen LogP contribution < -0.4 is 10.1 Å². The van der Waals surface area contributed by atoms with E-state index in [-0.39, 0.29) is 24.9 Å². The molecule has 1 N–H and O–H groups in total. The first-order valence-corrected chi connectivity index (χ1v) is 7.19. The van der Waals surface area contributed by atoms with Crippen LogP contribution in [0.3, 0.4) is 0 Å². The van der Waals surface area contributed by atoms with E-state index < -0.39 is 0 Å². The molecule has 1 aliphatic heterocycles. The quantitative estimate of drug-likeness (QED) is 0.930. The predicted molar refractivity (Wildman–Crippen MR) is 87.4 cm³/mol. The van der Waals surface area contributed by atoms with Gasteiger partial charge in [-0.25, -0.2) is 0 Å². The first-order chi connectivity index (χ1) is 9.47. The molecule has 2 rings (SSSR count). The van der Waals surface area contributed by atoms with Crippen molar-refractivity contribution in [1.82, 2.24) is 10.2 Å². The van der Waals surface area contributed by atoms with Crippen molar-refractivity contribution in [1.29, 1.82) is 0 Å². The summed E-state index contributed by atoms with van der Waals surface area (Å²) in [5, 5.41) is 3.33. The number of carbonyl (C=O) groups is 1. The standard InChI is InChI=1S/C16H24N2O2.ClH/c1-11-7-12(2)16(13(3)8-11)20-10-15(19)18-6-5-17-14(4)9-18;/h7-8,14,17H,5-6,9-10H2,1-4H3;1H. The zero-order valence-corrected chi connectivity index (χ0v) is 14.0. The van der Waals surface area contributed by atoms with E-state index in [1.54, 1.807) is 0 Å². The summed E-state index contributed by atoms with van der Waals surface area (Å²) in [6, 6.07) is 4.52. The lowest BCUT2D eigenvalue weighted by molar-refractivity contribution is -0.134. The molecular weight excluding hydrogens is 288 g/mol. The number of rotatable bonds is 3. The van der Waals surface area contributed by atoms with Gasteiger partial charge in [-0.05, 0) is 38.8 Å². The number of nitrogens with zero attached hydrogens (tertiary/aromatic N) is 1. The van der Waals surface area contributed by atoms with Gasteiger partial charge in [0.1, 0.15) is 5.75 Å². The van der Waals surface area contributed by atoms with Crippen LogP contribution in [0, 0.1) is 20.8 Å². The van der Waals surface area contributed by atoms with E-state index in [2.05, 4.69) is 31.3 Å². The second-order valence-electron chi connectivity index (χ2n) is 5.71. The number of halogens is 1. The molecule has 1 fully saturated rings. The highest BCUT2D eigenvalue weighted by Crippen LogP contribution is 2.24. The molecular formula is C16H25ClN2O2. The molecule has 1 amide bonds. The fourth-order valence-electron chi connectivity index (χ4n) is 2.78. The zero-order valence-electron chi connectivity index (χ0n) is 13.2. The van der Waals surface area contributed by atoms with Crippen LogP contribution in [0.1, 0.15) is 23.6 Å². The molecule has 1 atom stereocenters. The summed E-state index contributed by atoms with van der Waals surface area (Å²) in [7, 11) is 0. The van der Waals surface area contributed by atoms with E-state index in [1.807, 2.05) is 18.7 Å². The summed E-state index contributed by atoms with van der Waals surface area (Å²) >= 11 is 0. The molecule has 1 heterocycles. The van der Waals surface area contributed by atoms with Gasteiger partial charge in [-0.3, -0.25) is 4.79 Å². The maximum absolute atomic E-state index is 12.2. The van der Waals surface area contributed by atoms with Crippen molar-refractivity contribution in [3.05, 3.63) is 28.8 Å². The number of nitrogens with one attached hydrogen (secondary N) is 1. The Morgan fingerprint density at radius 2 is 1.95 bits per heavy atom. The minimum atomic E-state index is 0. The largest absolute Gasteiger partial charge is 0.483 e. The Morgan fingerprint density at radius 3 is 2.52 bits per heavy atom. The van der Waals surface area contributed by atoms with Crippen molar-refractivity contribution in [2.24, 2.45) is 0 Å². The Labute approximate surface area is 133 Å². The normalized spacial score (nSPS) is 18.1. The third-order valence-corrected chi connectivity index (χ3v) is 3.67. The molecule has 0 bridgehead atoms. The molecule has 0 spiro atoms.